The average molecular weight is 677 g/mol. The molecule has 1 aromatic heterocycles. The second-order valence-electron chi connectivity index (χ2n) is 13.8. The number of hydrogen-bond acceptors (Lipinski definition) is 1. The standard InChI is InChI=1S/C51H36N2/c1-35-33-48-47-34-40(27-32-50(47)53(41-17-6-3-7-18-41)51(48)46-21-11-10-19-44(35)46)38-25-30-43(31-26-38)52(49-22-12-16-39-15-8-9-20-45(39)49)42-28-23-37(24-29-42)36-13-4-2-5-14-36/h2-34H,1H3. The molecule has 0 amide bonds. The van der Waals surface area contributed by atoms with E-state index in [0.717, 1.165) is 17.1 Å². The Morgan fingerprint density at radius 1 is 0.377 bits per heavy atom. The molecule has 0 fully saturated rings. The van der Waals surface area contributed by atoms with E-state index in [4.69, 9.17) is 0 Å². The Morgan fingerprint density at radius 2 is 0.925 bits per heavy atom. The SMILES string of the molecule is Cc1cc2c3cc(-c4ccc(N(c5ccc(-c6ccccc6)cc5)c5cccc6ccccc56)cc4)ccc3n(-c3ccccc3)c2c2ccccc12. The fraction of sp³-hybridized carbons (Fsp3) is 0.0196. The summed E-state index contributed by atoms with van der Waals surface area (Å²) in [6.07, 6.45) is 0. The van der Waals surface area contributed by atoms with Crippen molar-refractivity contribution in [1.82, 2.24) is 4.57 Å². The quantitative estimate of drug-likeness (QED) is 0.170. The predicted molar refractivity (Wildman–Crippen MR) is 226 cm³/mol. The molecule has 0 aliphatic heterocycles. The third-order valence-electron chi connectivity index (χ3n) is 10.7. The molecule has 0 saturated carbocycles. The van der Waals surface area contributed by atoms with E-state index in [1.807, 2.05) is 0 Å². The summed E-state index contributed by atoms with van der Waals surface area (Å²) in [4.78, 5) is 2.38. The highest BCUT2D eigenvalue weighted by molar-refractivity contribution is 6.20. The van der Waals surface area contributed by atoms with Crippen molar-refractivity contribution in [3.63, 3.8) is 0 Å². The van der Waals surface area contributed by atoms with Gasteiger partial charge in [-0.05, 0) is 106 Å². The molecule has 0 radical (unpaired) electrons. The molecule has 250 valence electrons. The maximum Gasteiger partial charge on any atom is 0.0619 e. The van der Waals surface area contributed by atoms with E-state index in [2.05, 4.69) is 217 Å². The summed E-state index contributed by atoms with van der Waals surface area (Å²) in [6.45, 7) is 2.23. The first-order valence-electron chi connectivity index (χ1n) is 18.3. The largest absolute Gasteiger partial charge is 0.310 e. The first-order valence-corrected chi connectivity index (χ1v) is 18.3. The number of benzene rings is 9. The maximum absolute atomic E-state index is 2.43. The van der Waals surface area contributed by atoms with Gasteiger partial charge in [-0.2, -0.15) is 0 Å². The number of hydrogen-bond donors (Lipinski definition) is 0. The molecule has 0 unspecified atom stereocenters. The van der Waals surface area contributed by atoms with Gasteiger partial charge in [0.05, 0.1) is 16.7 Å². The van der Waals surface area contributed by atoms with Gasteiger partial charge >= 0.3 is 0 Å². The lowest BCUT2D eigenvalue weighted by atomic mass is 9.99. The third kappa shape index (κ3) is 5.27. The van der Waals surface area contributed by atoms with Crippen LogP contribution in [0.4, 0.5) is 17.1 Å². The minimum absolute atomic E-state index is 1.11. The molecule has 9 aromatic carbocycles. The van der Waals surface area contributed by atoms with E-state index in [-0.39, 0.29) is 0 Å². The molecule has 0 bridgehead atoms. The lowest BCUT2D eigenvalue weighted by molar-refractivity contribution is 1.19. The second kappa shape index (κ2) is 12.7. The third-order valence-corrected chi connectivity index (χ3v) is 10.7. The summed E-state index contributed by atoms with van der Waals surface area (Å²) in [6, 6.07) is 72.6. The highest BCUT2D eigenvalue weighted by Gasteiger charge is 2.19. The van der Waals surface area contributed by atoms with E-state index in [1.54, 1.807) is 0 Å². The van der Waals surface area contributed by atoms with Gasteiger partial charge < -0.3 is 9.47 Å². The fourth-order valence-electron chi connectivity index (χ4n) is 8.15. The average Bonchev–Trinajstić information content (AvgIpc) is 3.56. The smallest absolute Gasteiger partial charge is 0.0619 e. The zero-order chi connectivity index (χ0) is 35.3. The Balaban J connectivity index is 1.11. The van der Waals surface area contributed by atoms with Crippen molar-refractivity contribution >= 4 is 60.4 Å². The van der Waals surface area contributed by atoms with Crippen molar-refractivity contribution in [3.8, 4) is 27.9 Å². The maximum atomic E-state index is 2.43. The molecular weight excluding hydrogens is 641 g/mol. The lowest BCUT2D eigenvalue weighted by Crippen LogP contribution is -2.10. The van der Waals surface area contributed by atoms with Gasteiger partial charge in [0.2, 0.25) is 0 Å². The van der Waals surface area contributed by atoms with Crippen molar-refractivity contribution in [2.75, 3.05) is 4.90 Å². The Labute approximate surface area is 309 Å². The summed E-state index contributed by atoms with van der Waals surface area (Å²) >= 11 is 0. The summed E-state index contributed by atoms with van der Waals surface area (Å²) in [5.74, 6) is 0. The molecule has 1 heterocycles. The van der Waals surface area contributed by atoms with Gasteiger partial charge in [-0.3, -0.25) is 0 Å². The van der Waals surface area contributed by atoms with E-state index < -0.39 is 0 Å². The zero-order valence-electron chi connectivity index (χ0n) is 29.4. The summed E-state index contributed by atoms with van der Waals surface area (Å²) in [5.41, 5.74) is 13.1. The van der Waals surface area contributed by atoms with Gasteiger partial charge in [-0.15, -0.1) is 0 Å². The van der Waals surface area contributed by atoms with Crippen LogP contribution in [0.15, 0.2) is 200 Å². The number of aryl methyl sites for hydroxylation is 1. The van der Waals surface area contributed by atoms with Gasteiger partial charge in [0, 0.05) is 38.6 Å². The molecule has 10 rings (SSSR count). The Kier molecular flexibility index (Phi) is 7.40. The van der Waals surface area contributed by atoms with Crippen molar-refractivity contribution < 1.29 is 0 Å². The highest BCUT2D eigenvalue weighted by atomic mass is 15.1. The van der Waals surface area contributed by atoms with Gasteiger partial charge in [0.25, 0.3) is 0 Å². The lowest BCUT2D eigenvalue weighted by Gasteiger charge is -2.27. The molecule has 0 aliphatic rings. The molecule has 0 aliphatic carbocycles. The molecule has 0 N–H and O–H groups in total. The molecule has 2 heteroatoms. The first kappa shape index (κ1) is 30.9. The molecule has 0 saturated heterocycles. The highest BCUT2D eigenvalue weighted by Crippen LogP contribution is 2.42. The van der Waals surface area contributed by atoms with Crippen molar-refractivity contribution in [1.29, 1.82) is 0 Å². The second-order valence-corrected chi connectivity index (χ2v) is 13.8. The Morgan fingerprint density at radius 3 is 1.64 bits per heavy atom. The van der Waals surface area contributed by atoms with Crippen LogP contribution in [0.1, 0.15) is 5.56 Å². The van der Waals surface area contributed by atoms with E-state index in [9.17, 15) is 0 Å². The van der Waals surface area contributed by atoms with Crippen LogP contribution in [0.2, 0.25) is 0 Å². The normalized spacial score (nSPS) is 11.5. The molecule has 0 atom stereocenters. The van der Waals surface area contributed by atoms with Gasteiger partial charge in [-0.25, -0.2) is 0 Å². The van der Waals surface area contributed by atoms with E-state index in [0.29, 0.717) is 0 Å². The molecule has 53 heavy (non-hydrogen) atoms. The van der Waals surface area contributed by atoms with Crippen molar-refractivity contribution in [2.45, 2.75) is 6.92 Å². The van der Waals surface area contributed by atoms with Crippen LogP contribution in [0.5, 0.6) is 0 Å². The fourth-order valence-corrected chi connectivity index (χ4v) is 8.15. The van der Waals surface area contributed by atoms with Crippen LogP contribution < -0.4 is 4.90 Å². The van der Waals surface area contributed by atoms with Gasteiger partial charge in [-0.1, -0.05) is 140 Å². The monoisotopic (exact) mass is 676 g/mol. The Hall–Kier alpha value is -6.90. The minimum atomic E-state index is 1.11. The van der Waals surface area contributed by atoms with Crippen LogP contribution in [-0.2, 0) is 0 Å². The summed E-state index contributed by atoms with van der Waals surface area (Å²) < 4.78 is 2.43. The van der Waals surface area contributed by atoms with Crippen LogP contribution in [-0.4, -0.2) is 4.57 Å². The minimum Gasteiger partial charge on any atom is -0.310 e. The molecule has 10 aromatic rings. The molecule has 0 spiro atoms. The number of aromatic nitrogens is 1. The van der Waals surface area contributed by atoms with E-state index in [1.165, 1.54) is 76.9 Å². The van der Waals surface area contributed by atoms with Crippen LogP contribution in [0.3, 0.4) is 0 Å². The number of nitrogens with zero attached hydrogens (tertiary/aromatic N) is 2. The van der Waals surface area contributed by atoms with Gasteiger partial charge in [0.15, 0.2) is 0 Å². The van der Waals surface area contributed by atoms with Crippen LogP contribution in [0.25, 0.3) is 71.3 Å². The van der Waals surface area contributed by atoms with E-state index >= 15 is 0 Å². The topological polar surface area (TPSA) is 8.17 Å². The van der Waals surface area contributed by atoms with Crippen molar-refractivity contribution in [2.24, 2.45) is 0 Å². The molecule has 2 nitrogen and oxygen atoms in total. The van der Waals surface area contributed by atoms with Crippen molar-refractivity contribution in [3.05, 3.63) is 206 Å². The number of rotatable bonds is 6. The van der Waals surface area contributed by atoms with Gasteiger partial charge in [0.1, 0.15) is 0 Å². The first-order chi connectivity index (χ1) is 26.2. The van der Waals surface area contributed by atoms with Crippen LogP contribution >= 0.6 is 0 Å². The predicted octanol–water partition coefficient (Wildman–Crippen LogP) is 14.2. The summed E-state index contributed by atoms with van der Waals surface area (Å²) in [5, 5.41) is 7.54. The Bertz CT molecular complexity index is 2920. The zero-order valence-corrected chi connectivity index (χ0v) is 29.4. The van der Waals surface area contributed by atoms with Crippen LogP contribution in [0, 0.1) is 6.92 Å². The number of para-hydroxylation sites is 1. The number of fused-ring (bicyclic) bond motifs is 6. The summed E-state index contributed by atoms with van der Waals surface area (Å²) in [7, 11) is 0. The number of anilines is 3. The molecular formula is C51H36N2.